The van der Waals surface area contributed by atoms with E-state index < -0.39 is 0 Å². The number of nitrogens with zero attached hydrogens (tertiary/aromatic N) is 4. The Balaban J connectivity index is 2.43. The van der Waals surface area contributed by atoms with Crippen LogP contribution in [0.3, 0.4) is 0 Å². The van der Waals surface area contributed by atoms with Gasteiger partial charge in [-0.05, 0) is 29.0 Å². The van der Waals surface area contributed by atoms with E-state index in [0.29, 0.717) is 6.54 Å². The summed E-state index contributed by atoms with van der Waals surface area (Å²) in [5.74, 6) is 0. The molecule has 78 valence electrons. The van der Waals surface area contributed by atoms with E-state index in [9.17, 15) is 4.79 Å². The van der Waals surface area contributed by atoms with Gasteiger partial charge in [-0.25, -0.2) is 4.79 Å². The Morgan fingerprint density at radius 1 is 1.20 bits per heavy atom. The second-order valence-electron chi connectivity index (χ2n) is 3.23. The van der Waals surface area contributed by atoms with Gasteiger partial charge >= 0.3 is 5.69 Å². The van der Waals surface area contributed by atoms with Crippen LogP contribution in [0.25, 0.3) is 5.69 Å². The van der Waals surface area contributed by atoms with Crippen molar-refractivity contribution in [1.29, 1.82) is 0 Å². The highest BCUT2D eigenvalue weighted by molar-refractivity contribution is 5.28. The third-order valence-corrected chi connectivity index (χ3v) is 2.08. The van der Waals surface area contributed by atoms with Crippen molar-refractivity contribution in [3.8, 4) is 5.69 Å². The average Bonchev–Trinajstić information content (AvgIpc) is 2.63. The summed E-state index contributed by atoms with van der Waals surface area (Å²) in [7, 11) is 0. The maximum Gasteiger partial charge on any atom is 0.368 e. The Morgan fingerprint density at radius 3 is 2.60 bits per heavy atom. The molecule has 1 aromatic carbocycles. The van der Waals surface area contributed by atoms with Crippen LogP contribution in [0.5, 0.6) is 0 Å². The molecule has 5 heteroatoms. The van der Waals surface area contributed by atoms with Gasteiger partial charge < -0.3 is 0 Å². The summed E-state index contributed by atoms with van der Waals surface area (Å²) in [5, 5.41) is 7.62. The second-order valence-corrected chi connectivity index (χ2v) is 3.23. The summed E-state index contributed by atoms with van der Waals surface area (Å²) >= 11 is 0. The fraction of sp³-hybridized carbons (Fsp3) is 0.300. The topological polar surface area (TPSA) is 52.7 Å². The Bertz CT molecular complexity index is 486. The standard InChI is InChI=1S/C10H12N4O/c1-2-8-13-10(15)14(12-11-13)9-6-4-3-5-7-9/h3-7H,2,8H2,1H3. The highest BCUT2D eigenvalue weighted by Crippen LogP contribution is 2.00. The van der Waals surface area contributed by atoms with Crippen LogP contribution in [-0.4, -0.2) is 19.8 Å². The fourth-order valence-electron chi connectivity index (χ4n) is 1.36. The van der Waals surface area contributed by atoms with E-state index in [2.05, 4.69) is 10.4 Å². The van der Waals surface area contributed by atoms with Gasteiger partial charge in [0, 0.05) is 6.54 Å². The summed E-state index contributed by atoms with van der Waals surface area (Å²) in [6.45, 7) is 2.60. The van der Waals surface area contributed by atoms with Crippen molar-refractivity contribution in [1.82, 2.24) is 19.8 Å². The maximum atomic E-state index is 11.8. The number of tetrazole rings is 1. The number of aromatic nitrogens is 4. The van der Waals surface area contributed by atoms with E-state index >= 15 is 0 Å². The molecule has 2 aromatic rings. The molecule has 0 atom stereocenters. The first-order chi connectivity index (χ1) is 7.33. The molecule has 0 spiro atoms. The van der Waals surface area contributed by atoms with E-state index in [0.717, 1.165) is 12.1 Å². The van der Waals surface area contributed by atoms with Gasteiger partial charge in [0.25, 0.3) is 0 Å². The SMILES string of the molecule is CCCn1nnn(-c2ccccc2)c1=O. The van der Waals surface area contributed by atoms with Crippen LogP contribution in [0.4, 0.5) is 0 Å². The molecule has 0 aliphatic rings. The van der Waals surface area contributed by atoms with Crippen LogP contribution in [0.2, 0.25) is 0 Å². The van der Waals surface area contributed by atoms with Crippen LogP contribution in [-0.2, 0) is 6.54 Å². The van der Waals surface area contributed by atoms with Crippen molar-refractivity contribution in [2.75, 3.05) is 0 Å². The van der Waals surface area contributed by atoms with Crippen LogP contribution in [0.15, 0.2) is 35.1 Å². The van der Waals surface area contributed by atoms with Gasteiger partial charge in [0.05, 0.1) is 5.69 Å². The molecule has 0 fully saturated rings. The zero-order valence-corrected chi connectivity index (χ0v) is 8.50. The van der Waals surface area contributed by atoms with Crippen LogP contribution in [0.1, 0.15) is 13.3 Å². The molecule has 0 saturated heterocycles. The van der Waals surface area contributed by atoms with Crippen LogP contribution < -0.4 is 5.69 Å². The molecule has 0 N–H and O–H groups in total. The summed E-state index contributed by atoms with van der Waals surface area (Å²) in [6.07, 6.45) is 0.868. The highest BCUT2D eigenvalue weighted by atomic mass is 16.2. The van der Waals surface area contributed by atoms with Crippen molar-refractivity contribution in [2.45, 2.75) is 19.9 Å². The number of aryl methyl sites for hydroxylation is 1. The van der Waals surface area contributed by atoms with Gasteiger partial charge in [0.1, 0.15) is 0 Å². The lowest BCUT2D eigenvalue weighted by molar-refractivity contribution is 0.564. The minimum atomic E-state index is -0.192. The molecule has 0 radical (unpaired) electrons. The molecular weight excluding hydrogens is 192 g/mol. The molecule has 0 aliphatic heterocycles. The molecule has 2 rings (SSSR count). The van der Waals surface area contributed by atoms with Crippen LogP contribution >= 0.6 is 0 Å². The second kappa shape index (κ2) is 4.08. The molecule has 1 aromatic heterocycles. The van der Waals surface area contributed by atoms with Crippen molar-refractivity contribution in [2.24, 2.45) is 0 Å². The number of hydrogen-bond donors (Lipinski definition) is 0. The predicted molar refractivity (Wildman–Crippen MR) is 55.9 cm³/mol. The molecule has 0 amide bonds. The lowest BCUT2D eigenvalue weighted by Gasteiger charge is -1.96. The van der Waals surface area contributed by atoms with Crippen molar-refractivity contribution in [3.05, 3.63) is 40.8 Å². The van der Waals surface area contributed by atoms with Gasteiger partial charge in [-0.15, -0.1) is 0 Å². The highest BCUT2D eigenvalue weighted by Gasteiger charge is 2.06. The lowest BCUT2D eigenvalue weighted by atomic mass is 10.3. The minimum absolute atomic E-state index is 0.192. The zero-order valence-electron chi connectivity index (χ0n) is 8.50. The number of benzene rings is 1. The first-order valence-electron chi connectivity index (χ1n) is 4.91. The summed E-state index contributed by atoms with van der Waals surface area (Å²) in [6, 6.07) is 9.27. The van der Waals surface area contributed by atoms with Gasteiger partial charge in [-0.1, -0.05) is 25.1 Å². The van der Waals surface area contributed by atoms with Crippen molar-refractivity contribution >= 4 is 0 Å². The monoisotopic (exact) mass is 204 g/mol. The summed E-state index contributed by atoms with van der Waals surface area (Å²) in [4.78, 5) is 11.8. The Hall–Kier alpha value is -1.91. The van der Waals surface area contributed by atoms with Gasteiger partial charge in [-0.3, -0.25) is 0 Å². The summed E-state index contributed by atoms with van der Waals surface area (Å²) < 4.78 is 2.67. The number of rotatable bonds is 3. The molecule has 5 nitrogen and oxygen atoms in total. The largest absolute Gasteiger partial charge is 0.368 e. The molecule has 0 bridgehead atoms. The fourth-order valence-corrected chi connectivity index (χ4v) is 1.36. The Morgan fingerprint density at radius 2 is 1.93 bits per heavy atom. The average molecular weight is 204 g/mol. The van der Waals surface area contributed by atoms with Gasteiger partial charge in [0.2, 0.25) is 0 Å². The maximum absolute atomic E-state index is 11.8. The third kappa shape index (κ3) is 1.81. The van der Waals surface area contributed by atoms with Crippen molar-refractivity contribution in [3.63, 3.8) is 0 Å². The van der Waals surface area contributed by atoms with E-state index in [4.69, 9.17) is 0 Å². The van der Waals surface area contributed by atoms with Gasteiger partial charge in [-0.2, -0.15) is 9.36 Å². The normalized spacial score (nSPS) is 10.5. The van der Waals surface area contributed by atoms with Crippen molar-refractivity contribution < 1.29 is 0 Å². The van der Waals surface area contributed by atoms with Gasteiger partial charge in [0.15, 0.2) is 0 Å². The van der Waals surface area contributed by atoms with E-state index in [-0.39, 0.29) is 5.69 Å². The molecule has 0 unspecified atom stereocenters. The first-order valence-corrected chi connectivity index (χ1v) is 4.91. The molecular formula is C10H12N4O. The Kier molecular flexibility index (Phi) is 2.62. The lowest BCUT2D eigenvalue weighted by Crippen LogP contribution is -2.24. The molecule has 1 heterocycles. The van der Waals surface area contributed by atoms with Crippen LogP contribution in [0, 0.1) is 0 Å². The number of para-hydroxylation sites is 1. The van der Waals surface area contributed by atoms with E-state index in [1.807, 2.05) is 37.3 Å². The quantitative estimate of drug-likeness (QED) is 0.744. The molecule has 0 saturated carbocycles. The molecule has 0 aliphatic carbocycles. The first kappa shape index (κ1) is 9.64. The smallest absolute Gasteiger partial charge is 0.244 e. The molecule has 15 heavy (non-hydrogen) atoms. The zero-order chi connectivity index (χ0) is 10.7. The number of hydrogen-bond acceptors (Lipinski definition) is 3. The van der Waals surface area contributed by atoms with E-state index in [1.54, 1.807) is 0 Å². The predicted octanol–water partition coefficient (Wildman–Crippen LogP) is 0.839. The third-order valence-electron chi connectivity index (χ3n) is 2.08. The summed E-state index contributed by atoms with van der Waals surface area (Å²) in [5.41, 5.74) is 0.549. The Labute approximate surface area is 86.9 Å². The van der Waals surface area contributed by atoms with E-state index in [1.165, 1.54) is 9.36 Å². The minimum Gasteiger partial charge on any atom is -0.244 e.